The monoisotopic (exact) mass is 389 g/mol. The third-order valence-electron chi connectivity index (χ3n) is 5.29. The van der Waals surface area contributed by atoms with Gasteiger partial charge in [-0.2, -0.15) is 8.97 Å². The maximum atomic E-state index is 14.6. The predicted octanol–water partition coefficient (Wildman–Crippen LogP) is 2.22. The van der Waals surface area contributed by atoms with Gasteiger partial charge in [0.1, 0.15) is 0 Å². The highest BCUT2D eigenvalue weighted by atomic mass is 35.5. The molecule has 0 saturated carbocycles. The van der Waals surface area contributed by atoms with E-state index in [9.17, 15) is 4.39 Å². The van der Waals surface area contributed by atoms with E-state index in [1.165, 1.54) is 23.3 Å². The lowest BCUT2D eigenvalue weighted by atomic mass is 9.89. The fraction of sp³-hybridized carbons (Fsp3) is 0.409. The Morgan fingerprint density at radius 2 is 1.85 bits per heavy atom. The summed E-state index contributed by atoms with van der Waals surface area (Å²) in [7, 11) is 0. The van der Waals surface area contributed by atoms with Crippen molar-refractivity contribution in [1.82, 2.24) is 0 Å². The zero-order valence-electron chi connectivity index (χ0n) is 15.8. The van der Waals surface area contributed by atoms with Crippen LogP contribution in [0.25, 0.3) is 0 Å². The molecule has 0 saturated heterocycles. The lowest BCUT2D eigenvalue weighted by Gasteiger charge is -2.24. The highest BCUT2D eigenvalue weighted by Crippen LogP contribution is 2.38. The van der Waals surface area contributed by atoms with Crippen molar-refractivity contribution < 1.29 is 30.8 Å². The molecule has 0 amide bonds. The summed E-state index contributed by atoms with van der Waals surface area (Å²) in [6.07, 6.45) is 5.22. The summed E-state index contributed by atoms with van der Waals surface area (Å²) in [6, 6.07) is 11.5. The number of nitrogens with zero attached hydrogens (tertiary/aromatic N) is 1. The highest BCUT2D eigenvalue weighted by Gasteiger charge is 2.35. The molecule has 0 N–H and O–H groups in total. The molecule has 0 spiro atoms. The minimum Gasteiger partial charge on any atom is -1.00 e. The average molecular weight is 390 g/mol. The molecule has 144 valence electrons. The van der Waals surface area contributed by atoms with Gasteiger partial charge in [0.2, 0.25) is 12.5 Å². The fourth-order valence-corrected chi connectivity index (χ4v) is 4.05. The Hall–Kier alpha value is -2.07. The van der Waals surface area contributed by atoms with Crippen molar-refractivity contribution in [2.24, 2.45) is 0 Å². The first-order chi connectivity index (χ1) is 12.7. The molecule has 0 aliphatic carbocycles. The summed E-state index contributed by atoms with van der Waals surface area (Å²) in [6.45, 7) is 4.64. The van der Waals surface area contributed by atoms with Crippen LogP contribution >= 0.6 is 0 Å². The van der Waals surface area contributed by atoms with Crippen LogP contribution in [0.5, 0.6) is 11.5 Å². The Balaban J connectivity index is 0.00000210. The number of rotatable bonds is 5. The van der Waals surface area contributed by atoms with Crippen LogP contribution < -0.4 is 21.9 Å². The number of hydrogen-bond acceptors (Lipinski definition) is 2. The van der Waals surface area contributed by atoms with Crippen LogP contribution in [-0.4, -0.2) is 23.1 Å². The number of unbranched alkanes of at least 4 members (excludes halogenated alkanes) is 2. The third kappa shape index (κ3) is 3.68. The Bertz CT molecular complexity index is 865. The maximum absolute atomic E-state index is 14.6. The molecule has 2 aliphatic rings. The van der Waals surface area contributed by atoms with Gasteiger partial charge in [-0.3, -0.25) is 0 Å². The molecule has 27 heavy (non-hydrogen) atoms. The minimum absolute atomic E-state index is 0. The molecular formula is C22H25ClFNO2. The van der Waals surface area contributed by atoms with E-state index in [2.05, 4.69) is 30.6 Å². The van der Waals surface area contributed by atoms with E-state index >= 15 is 0 Å². The quantitative estimate of drug-likeness (QED) is 0.577. The summed E-state index contributed by atoms with van der Waals surface area (Å²) in [4.78, 5) is 0. The Morgan fingerprint density at radius 3 is 2.59 bits per heavy atom. The van der Waals surface area contributed by atoms with Gasteiger partial charge >= 0.3 is 0 Å². The molecule has 4 rings (SSSR count). The lowest BCUT2D eigenvalue weighted by molar-refractivity contribution is -0.485. The van der Waals surface area contributed by atoms with Gasteiger partial charge in [0, 0.05) is 24.5 Å². The van der Waals surface area contributed by atoms with Crippen molar-refractivity contribution >= 4 is 11.4 Å². The molecule has 2 aliphatic heterocycles. The molecule has 0 fully saturated rings. The minimum atomic E-state index is -0.170. The number of ether oxygens (including phenoxy) is 2. The van der Waals surface area contributed by atoms with Gasteiger partial charge in [-0.15, -0.1) is 0 Å². The molecule has 5 heteroatoms. The van der Waals surface area contributed by atoms with Crippen molar-refractivity contribution in [3.63, 3.8) is 0 Å². The fourth-order valence-electron chi connectivity index (χ4n) is 4.05. The SMILES string of the molecule is CCCCCC1=[N+](c2ccccc2F)C(C)Cc2cc3c(cc21)OCO3.[Cl-]. The third-order valence-corrected chi connectivity index (χ3v) is 5.29. The van der Waals surface area contributed by atoms with Gasteiger partial charge in [0.25, 0.3) is 0 Å². The molecule has 0 radical (unpaired) electrons. The van der Waals surface area contributed by atoms with Crippen LogP contribution in [0.4, 0.5) is 10.1 Å². The standard InChI is InChI=1S/C22H25FNO2.ClH/c1-3-4-5-9-19-17-13-22-21(25-14-26-22)12-16(17)11-15(2)24(19)20-10-7-6-8-18(20)23;/h6-8,10,12-13,15H,3-5,9,11,14H2,1-2H3;1H/q+1;/p-1. The largest absolute Gasteiger partial charge is 1.00 e. The second kappa shape index (κ2) is 8.30. The molecule has 2 aromatic rings. The zero-order valence-corrected chi connectivity index (χ0v) is 16.6. The summed E-state index contributed by atoms with van der Waals surface area (Å²) in [5, 5.41) is 0. The Morgan fingerprint density at radius 1 is 1.11 bits per heavy atom. The van der Waals surface area contributed by atoms with Crippen LogP contribution in [0.2, 0.25) is 0 Å². The number of fused-ring (bicyclic) bond motifs is 2. The summed E-state index contributed by atoms with van der Waals surface area (Å²) >= 11 is 0. The van der Waals surface area contributed by atoms with E-state index < -0.39 is 0 Å². The van der Waals surface area contributed by atoms with Gasteiger partial charge in [-0.05, 0) is 37.1 Å². The average Bonchev–Trinajstić information content (AvgIpc) is 3.08. The lowest BCUT2D eigenvalue weighted by Crippen LogP contribution is -3.00. The molecule has 3 nitrogen and oxygen atoms in total. The van der Waals surface area contributed by atoms with E-state index in [1.54, 1.807) is 12.1 Å². The summed E-state index contributed by atoms with van der Waals surface area (Å²) in [5.41, 5.74) is 4.29. The van der Waals surface area contributed by atoms with Gasteiger partial charge < -0.3 is 21.9 Å². The number of benzene rings is 2. The van der Waals surface area contributed by atoms with E-state index in [0.717, 1.165) is 37.2 Å². The van der Waals surface area contributed by atoms with Gasteiger partial charge in [0.05, 0.1) is 0 Å². The number of hydrogen-bond donors (Lipinski definition) is 0. The zero-order chi connectivity index (χ0) is 18.1. The Kier molecular flexibility index (Phi) is 6.05. The number of para-hydroxylation sites is 1. The second-order valence-electron chi connectivity index (χ2n) is 7.14. The van der Waals surface area contributed by atoms with E-state index in [0.29, 0.717) is 5.69 Å². The van der Waals surface area contributed by atoms with Gasteiger partial charge in [0.15, 0.2) is 29.1 Å². The van der Waals surface area contributed by atoms with Crippen molar-refractivity contribution in [2.75, 3.05) is 6.79 Å². The van der Waals surface area contributed by atoms with Crippen LogP contribution in [0.15, 0.2) is 36.4 Å². The number of halogens is 2. The van der Waals surface area contributed by atoms with Crippen molar-refractivity contribution in [3.05, 3.63) is 53.3 Å². The maximum Gasteiger partial charge on any atom is 0.241 e. The molecule has 0 bridgehead atoms. The predicted molar refractivity (Wildman–Crippen MR) is 100 cm³/mol. The summed E-state index contributed by atoms with van der Waals surface area (Å²) in [5.74, 6) is 1.44. The molecule has 0 aromatic heterocycles. The van der Waals surface area contributed by atoms with E-state index in [4.69, 9.17) is 9.47 Å². The van der Waals surface area contributed by atoms with Crippen molar-refractivity contribution in [2.45, 2.75) is 52.0 Å². The van der Waals surface area contributed by atoms with Crippen LogP contribution in [0, 0.1) is 5.82 Å². The van der Waals surface area contributed by atoms with E-state index in [-0.39, 0.29) is 31.1 Å². The topological polar surface area (TPSA) is 21.5 Å². The van der Waals surface area contributed by atoms with Crippen LogP contribution in [-0.2, 0) is 6.42 Å². The molecular weight excluding hydrogens is 365 g/mol. The first kappa shape index (κ1) is 19.7. The van der Waals surface area contributed by atoms with Crippen molar-refractivity contribution in [3.8, 4) is 11.5 Å². The van der Waals surface area contributed by atoms with Crippen molar-refractivity contribution in [1.29, 1.82) is 0 Å². The molecule has 1 unspecified atom stereocenters. The van der Waals surface area contributed by atoms with Crippen LogP contribution in [0.1, 0.15) is 50.7 Å². The smallest absolute Gasteiger partial charge is 0.241 e. The molecule has 2 aromatic carbocycles. The molecule has 1 atom stereocenters. The van der Waals surface area contributed by atoms with Gasteiger partial charge in [-0.1, -0.05) is 31.9 Å². The van der Waals surface area contributed by atoms with Crippen LogP contribution in [0.3, 0.4) is 0 Å². The second-order valence-corrected chi connectivity index (χ2v) is 7.14. The van der Waals surface area contributed by atoms with E-state index in [1.807, 2.05) is 12.1 Å². The first-order valence-corrected chi connectivity index (χ1v) is 9.51. The first-order valence-electron chi connectivity index (χ1n) is 9.51. The highest BCUT2D eigenvalue weighted by molar-refractivity contribution is 6.00. The Labute approximate surface area is 166 Å². The van der Waals surface area contributed by atoms with Gasteiger partial charge in [-0.25, -0.2) is 0 Å². The summed E-state index contributed by atoms with van der Waals surface area (Å²) < 4.78 is 28.0. The molecule has 2 heterocycles. The normalized spacial score (nSPS) is 17.5.